The van der Waals surface area contributed by atoms with E-state index in [1.54, 1.807) is 19.3 Å². The second kappa shape index (κ2) is 4.87. The normalized spacial score (nSPS) is 10.2. The van der Waals surface area contributed by atoms with Crippen molar-refractivity contribution < 1.29 is 4.79 Å². The van der Waals surface area contributed by atoms with Gasteiger partial charge < -0.3 is 10.2 Å². The van der Waals surface area contributed by atoms with Crippen molar-refractivity contribution in [3.05, 3.63) is 35.9 Å². The van der Waals surface area contributed by atoms with Crippen LogP contribution in [0.5, 0.6) is 0 Å². The van der Waals surface area contributed by atoms with Crippen LogP contribution in [0.25, 0.3) is 0 Å². The van der Waals surface area contributed by atoms with Gasteiger partial charge in [0.05, 0.1) is 29.3 Å². The minimum atomic E-state index is -0.197. The molecule has 2 aromatic heterocycles. The summed E-state index contributed by atoms with van der Waals surface area (Å²) in [6.07, 6.45) is 4.83. The first-order chi connectivity index (χ1) is 8.59. The lowest BCUT2D eigenvalue weighted by Gasteiger charge is -2.17. The van der Waals surface area contributed by atoms with E-state index in [4.69, 9.17) is 0 Å². The number of nitrogens with one attached hydrogen (secondary N) is 2. The van der Waals surface area contributed by atoms with Crippen LogP contribution in [0.15, 0.2) is 24.7 Å². The van der Waals surface area contributed by atoms with Crippen molar-refractivity contribution in [3.8, 4) is 0 Å². The molecule has 2 aromatic rings. The van der Waals surface area contributed by atoms with E-state index < -0.39 is 0 Å². The van der Waals surface area contributed by atoms with Gasteiger partial charge in [-0.3, -0.25) is 14.9 Å². The molecule has 0 fully saturated rings. The first-order valence-corrected chi connectivity index (χ1v) is 5.52. The Labute approximate surface area is 105 Å². The second-order valence-corrected chi connectivity index (χ2v) is 4.15. The Morgan fingerprint density at radius 3 is 2.78 bits per heavy atom. The quantitative estimate of drug-likeness (QED) is 0.858. The molecule has 0 bridgehead atoms. The smallest absolute Gasteiger partial charge is 0.259 e. The predicted octanol–water partition coefficient (Wildman–Crippen LogP) is 1.43. The van der Waals surface area contributed by atoms with Crippen LogP contribution in [0.3, 0.4) is 0 Å². The number of pyridine rings is 1. The number of aryl methyl sites for hydroxylation is 1. The monoisotopic (exact) mass is 245 g/mol. The number of carbonyl (C=O) groups is 1. The summed E-state index contributed by atoms with van der Waals surface area (Å²) in [5.41, 5.74) is 2.85. The zero-order chi connectivity index (χ0) is 13.1. The predicted molar refractivity (Wildman–Crippen MR) is 69.8 cm³/mol. The van der Waals surface area contributed by atoms with Gasteiger partial charge >= 0.3 is 0 Å². The van der Waals surface area contributed by atoms with Crippen molar-refractivity contribution in [2.75, 3.05) is 24.3 Å². The fraction of sp³-hybridized carbons (Fsp3) is 0.250. The van der Waals surface area contributed by atoms with E-state index in [0.29, 0.717) is 11.3 Å². The van der Waals surface area contributed by atoms with Crippen LogP contribution >= 0.6 is 0 Å². The summed E-state index contributed by atoms with van der Waals surface area (Å²) in [6, 6.07) is 1.85. The fourth-order valence-corrected chi connectivity index (χ4v) is 1.64. The number of aromatic amines is 1. The molecule has 0 aliphatic rings. The highest BCUT2D eigenvalue weighted by molar-refractivity contribution is 6.06. The lowest BCUT2D eigenvalue weighted by molar-refractivity contribution is 0.102. The fourth-order valence-electron chi connectivity index (χ4n) is 1.64. The van der Waals surface area contributed by atoms with Gasteiger partial charge in [0.2, 0.25) is 0 Å². The Morgan fingerprint density at radius 1 is 1.39 bits per heavy atom. The molecule has 6 heteroatoms. The molecule has 0 radical (unpaired) electrons. The number of hydrogen-bond acceptors (Lipinski definition) is 4. The van der Waals surface area contributed by atoms with Crippen LogP contribution in [0.2, 0.25) is 0 Å². The molecule has 18 heavy (non-hydrogen) atoms. The molecule has 0 aromatic carbocycles. The van der Waals surface area contributed by atoms with Gasteiger partial charge in [0.1, 0.15) is 0 Å². The Balaban J connectivity index is 2.25. The van der Waals surface area contributed by atoms with Gasteiger partial charge in [-0.05, 0) is 13.0 Å². The SMILES string of the molecule is Cc1[nH]ncc1C(=O)Nc1cnccc1N(C)C. The van der Waals surface area contributed by atoms with Gasteiger partial charge in [0.25, 0.3) is 5.91 Å². The highest BCUT2D eigenvalue weighted by Gasteiger charge is 2.13. The van der Waals surface area contributed by atoms with E-state index in [1.165, 1.54) is 6.20 Å². The number of rotatable bonds is 3. The molecule has 0 spiro atoms. The number of anilines is 2. The Morgan fingerprint density at radius 2 is 2.17 bits per heavy atom. The summed E-state index contributed by atoms with van der Waals surface area (Å²) in [5.74, 6) is -0.197. The van der Waals surface area contributed by atoms with E-state index in [2.05, 4.69) is 20.5 Å². The molecule has 0 aliphatic heterocycles. The van der Waals surface area contributed by atoms with Crippen molar-refractivity contribution >= 4 is 17.3 Å². The van der Waals surface area contributed by atoms with E-state index >= 15 is 0 Å². The Hall–Kier alpha value is -2.37. The molecule has 0 saturated carbocycles. The van der Waals surface area contributed by atoms with Gasteiger partial charge in [0.15, 0.2) is 0 Å². The number of carbonyl (C=O) groups excluding carboxylic acids is 1. The third kappa shape index (κ3) is 2.32. The third-order valence-corrected chi connectivity index (χ3v) is 2.60. The lowest BCUT2D eigenvalue weighted by Crippen LogP contribution is -2.17. The van der Waals surface area contributed by atoms with Crippen molar-refractivity contribution in [2.24, 2.45) is 0 Å². The molecule has 0 atom stereocenters. The van der Waals surface area contributed by atoms with Gasteiger partial charge in [0, 0.05) is 26.0 Å². The van der Waals surface area contributed by atoms with E-state index in [9.17, 15) is 4.79 Å². The first-order valence-electron chi connectivity index (χ1n) is 5.52. The van der Waals surface area contributed by atoms with Crippen LogP contribution in [0.4, 0.5) is 11.4 Å². The molecule has 0 aliphatic carbocycles. The lowest BCUT2D eigenvalue weighted by atomic mass is 10.2. The largest absolute Gasteiger partial charge is 0.376 e. The molecule has 0 saturated heterocycles. The molecular weight excluding hydrogens is 230 g/mol. The summed E-state index contributed by atoms with van der Waals surface area (Å²) in [7, 11) is 3.82. The molecule has 0 unspecified atom stereocenters. The van der Waals surface area contributed by atoms with Gasteiger partial charge in [-0.1, -0.05) is 0 Å². The van der Waals surface area contributed by atoms with Gasteiger partial charge in [-0.2, -0.15) is 5.10 Å². The molecule has 94 valence electrons. The van der Waals surface area contributed by atoms with Crippen LogP contribution in [-0.4, -0.2) is 35.2 Å². The Bertz CT molecular complexity index is 561. The summed E-state index contributed by atoms with van der Waals surface area (Å²) >= 11 is 0. The van der Waals surface area contributed by atoms with Crippen molar-refractivity contribution in [1.29, 1.82) is 0 Å². The minimum Gasteiger partial charge on any atom is -0.376 e. The molecule has 2 N–H and O–H groups in total. The number of H-pyrrole nitrogens is 1. The average molecular weight is 245 g/mol. The molecule has 1 amide bonds. The van der Waals surface area contributed by atoms with Crippen molar-refractivity contribution in [2.45, 2.75) is 6.92 Å². The molecular formula is C12H15N5O. The summed E-state index contributed by atoms with van der Waals surface area (Å²) < 4.78 is 0. The van der Waals surface area contributed by atoms with Crippen LogP contribution in [-0.2, 0) is 0 Å². The van der Waals surface area contributed by atoms with E-state index in [0.717, 1.165) is 11.4 Å². The van der Waals surface area contributed by atoms with E-state index in [1.807, 2.05) is 25.1 Å². The van der Waals surface area contributed by atoms with Crippen LogP contribution < -0.4 is 10.2 Å². The zero-order valence-corrected chi connectivity index (χ0v) is 10.6. The topological polar surface area (TPSA) is 73.9 Å². The van der Waals surface area contributed by atoms with Crippen molar-refractivity contribution in [1.82, 2.24) is 15.2 Å². The number of hydrogen-bond donors (Lipinski definition) is 2. The molecule has 2 rings (SSSR count). The maximum absolute atomic E-state index is 12.1. The first kappa shape index (κ1) is 12.1. The van der Waals surface area contributed by atoms with Gasteiger partial charge in [-0.25, -0.2) is 0 Å². The van der Waals surface area contributed by atoms with E-state index in [-0.39, 0.29) is 5.91 Å². The second-order valence-electron chi connectivity index (χ2n) is 4.15. The molecule has 2 heterocycles. The minimum absolute atomic E-state index is 0.197. The van der Waals surface area contributed by atoms with Gasteiger partial charge in [-0.15, -0.1) is 0 Å². The molecule has 6 nitrogen and oxygen atoms in total. The summed E-state index contributed by atoms with van der Waals surface area (Å²) in [6.45, 7) is 1.80. The maximum atomic E-state index is 12.1. The zero-order valence-electron chi connectivity index (χ0n) is 10.6. The van der Waals surface area contributed by atoms with Crippen molar-refractivity contribution in [3.63, 3.8) is 0 Å². The summed E-state index contributed by atoms with van der Waals surface area (Å²) in [4.78, 5) is 18.0. The Kier molecular flexibility index (Phi) is 3.27. The highest BCUT2D eigenvalue weighted by Crippen LogP contribution is 2.22. The summed E-state index contributed by atoms with van der Waals surface area (Å²) in [5, 5.41) is 9.40. The maximum Gasteiger partial charge on any atom is 0.259 e. The third-order valence-electron chi connectivity index (χ3n) is 2.60. The number of amides is 1. The number of aromatic nitrogens is 3. The number of nitrogens with zero attached hydrogens (tertiary/aromatic N) is 3. The standard InChI is InChI=1S/C12H15N5O/c1-8-9(6-14-16-8)12(18)15-10-7-13-5-4-11(10)17(2)3/h4-7H,1-3H3,(H,14,16)(H,15,18). The average Bonchev–Trinajstić information content (AvgIpc) is 2.76. The van der Waals surface area contributed by atoms with Crippen LogP contribution in [0, 0.1) is 6.92 Å². The van der Waals surface area contributed by atoms with Crippen LogP contribution in [0.1, 0.15) is 16.1 Å². The highest BCUT2D eigenvalue weighted by atomic mass is 16.1.